The third-order valence-electron chi connectivity index (χ3n) is 15.3. The first-order chi connectivity index (χ1) is 43.1. The molecule has 8 rings (SSSR count). The number of methoxy groups -OCH3 is 1. The first-order valence-electron chi connectivity index (χ1n) is 30.4. The summed E-state index contributed by atoms with van der Waals surface area (Å²) >= 11 is 1.51. The van der Waals surface area contributed by atoms with Gasteiger partial charge >= 0.3 is 12.0 Å². The minimum Gasteiger partial charge on any atom is -0.492 e. The molecular formula is C64H87N9O15S. The van der Waals surface area contributed by atoms with Crippen molar-refractivity contribution in [3.63, 3.8) is 0 Å². The van der Waals surface area contributed by atoms with Gasteiger partial charge in [-0.25, -0.2) is 4.79 Å². The Morgan fingerprint density at radius 3 is 1.83 bits per heavy atom. The minimum atomic E-state index is -0.374. The number of urea groups is 1. The van der Waals surface area contributed by atoms with Gasteiger partial charge in [0.05, 0.1) is 124 Å². The second-order valence-corrected chi connectivity index (χ2v) is 23.8. The van der Waals surface area contributed by atoms with Crippen LogP contribution in [0, 0.1) is 0 Å². The highest BCUT2D eigenvalue weighted by atomic mass is 32.2. The fourth-order valence-electron chi connectivity index (χ4n) is 10.2. The Labute approximate surface area is 525 Å². The number of amides is 5. The Hall–Kier alpha value is -7.26. The number of aliphatic imine (C=N–C) groups is 2. The van der Waals surface area contributed by atoms with Crippen LogP contribution in [0.1, 0.15) is 109 Å². The molecule has 0 aliphatic carbocycles. The Kier molecular flexibility index (Phi) is 27.4. The number of esters is 1. The van der Waals surface area contributed by atoms with Gasteiger partial charge in [0, 0.05) is 113 Å². The Balaban J connectivity index is 0.000000543. The van der Waals surface area contributed by atoms with Gasteiger partial charge in [0.15, 0.2) is 6.29 Å². The molecule has 25 heteroatoms. The number of ether oxygens (including phenoxy) is 8. The van der Waals surface area contributed by atoms with Crippen molar-refractivity contribution in [3.05, 3.63) is 93.3 Å². The number of aliphatic hydroxyl groups is 1. The van der Waals surface area contributed by atoms with Crippen LogP contribution in [-0.4, -0.2) is 226 Å². The normalized spacial score (nSPS) is 17.9. The van der Waals surface area contributed by atoms with Crippen LogP contribution in [0.15, 0.2) is 69.7 Å². The van der Waals surface area contributed by atoms with Gasteiger partial charge in [0.25, 0.3) is 11.8 Å². The molecule has 5 aliphatic heterocycles. The monoisotopic (exact) mass is 1250 g/mol. The first kappa shape index (κ1) is 69.2. The van der Waals surface area contributed by atoms with Crippen LogP contribution in [0.4, 0.5) is 16.2 Å². The number of rotatable bonds is 31. The van der Waals surface area contributed by atoms with Gasteiger partial charge < -0.3 is 68.3 Å². The molecule has 3 N–H and O–H groups in total. The van der Waals surface area contributed by atoms with Crippen LogP contribution < -0.4 is 24.8 Å². The zero-order valence-electron chi connectivity index (χ0n) is 52.4. The number of aromatic nitrogens is 1. The topological polar surface area (TPSA) is 271 Å². The van der Waals surface area contributed by atoms with Crippen molar-refractivity contribution in [1.82, 2.24) is 35.2 Å². The average Bonchev–Trinajstić information content (AvgIpc) is 1.77. The molecule has 0 radical (unpaired) electrons. The second-order valence-electron chi connectivity index (χ2n) is 22.1. The van der Waals surface area contributed by atoms with Crippen molar-refractivity contribution in [2.45, 2.75) is 97.5 Å². The van der Waals surface area contributed by atoms with Crippen molar-refractivity contribution in [2.24, 2.45) is 9.98 Å². The molecule has 3 saturated heterocycles. The Morgan fingerprint density at radius 1 is 0.719 bits per heavy atom. The highest BCUT2D eigenvalue weighted by Crippen LogP contribution is 2.38. The molecule has 1 aromatic heterocycles. The fraction of sp³-hybridized carbons (Fsp3) is 0.547. The van der Waals surface area contributed by atoms with E-state index in [9.17, 15) is 33.9 Å². The van der Waals surface area contributed by atoms with Gasteiger partial charge in [-0.05, 0) is 66.5 Å². The van der Waals surface area contributed by atoms with Crippen LogP contribution in [0.25, 0.3) is 0 Å². The molecule has 2 aromatic carbocycles. The van der Waals surface area contributed by atoms with Crippen LogP contribution in [0.3, 0.4) is 0 Å². The highest BCUT2D eigenvalue weighted by Gasteiger charge is 2.36. The molecule has 24 nitrogen and oxygen atoms in total. The molecular weight excluding hydrogens is 1170 g/mol. The van der Waals surface area contributed by atoms with Crippen molar-refractivity contribution >= 4 is 71.6 Å². The van der Waals surface area contributed by atoms with Gasteiger partial charge in [-0.15, -0.1) is 11.8 Å². The summed E-state index contributed by atoms with van der Waals surface area (Å²) in [5.41, 5.74) is 5.49. The molecule has 0 saturated carbocycles. The van der Waals surface area contributed by atoms with Crippen molar-refractivity contribution in [1.29, 1.82) is 0 Å². The van der Waals surface area contributed by atoms with E-state index in [2.05, 4.69) is 30.3 Å². The number of aldehydes is 1. The molecule has 89 heavy (non-hydrogen) atoms. The third-order valence-corrected chi connectivity index (χ3v) is 16.6. The van der Waals surface area contributed by atoms with Gasteiger partial charge in [-0.2, -0.15) is 0 Å². The summed E-state index contributed by atoms with van der Waals surface area (Å²) in [5, 5.41) is 16.3. The molecule has 6 heterocycles. The average molecular weight is 1250 g/mol. The maximum atomic E-state index is 13.7. The molecule has 0 unspecified atom stereocenters. The maximum absolute atomic E-state index is 13.7. The lowest BCUT2D eigenvalue weighted by molar-refractivity contribution is -0.142. The van der Waals surface area contributed by atoms with Crippen LogP contribution in [-0.2, 0) is 53.1 Å². The van der Waals surface area contributed by atoms with Crippen molar-refractivity contribution in [3.8, 4) is 17.2 Å². The summed E-state index contributed by atoms with van der Waals surface area (Å²) in [6, 6.07) is 9.53. The van der Waals surface area contributed by atoms with Gasteiger partial charge in [-0.1, -0.05) is 23.3 Å². The third kappa shape index (κ3) is 20.6. The molecule has 2 atom stereocenters. The zero-order valence-corrected chi connectivity index (χ0v) is 53.2. The van der Waals surface area contributed by atoms with E-state index in [1.54, 1.807) is 57.5 Å². The van der Waals surface area contributed by atoms with E-state index in [0.29, 0.717) is 188 Å². The predicted octanol–water partition coefficient (Wildman–Crippen LogP) is 6.29. The number of allylic oxidation sites excluding steroid dienone is 2. The zero-order chi connectivity index (χ0) is 63.7. The number of hydrogen-bond acceptors (Lipinski definition) is 20. The molecule has 0 spiro atoms. The van der Waals surface area contributed by atoms with Gasteiger partial charge in [-0.3, -0.25) is 43.8 Å². The summed E-state index contributed by atoms with van der Waals surface area (Å²) in [6.07, 6.45) is 9.98. The number of thioether (sulfide) groups is 1. The maximum Gasteiger partial charge on any atom is 0.317 e. The van der Waals surface area contributed by atoms with Crippen LogP contribution >= 0.6 is 11.8 Å². The minimum absolute atomic E-state index is 0.0236. The van der Waals surface area contributed by atoms with E-state index >= 15 is 0 Å². The number of aliphatic hydroxyl groups excluding tert-OH is 1. The molecule has 3 fully saturated rings. The van der Waals surface area contributed by atoms with Crippen molar-refractivity contribution in [2.75, 3.05) is 131 Å². The SMILES string of the molecule is C/C=C1\C[C@H]2C=Nc3cc(OCc4cc(OCCN5CCN(C(=O)NCC(C)(C)SCC(=O)NCC)CC5)cc(COc5cc6c(cc5CO)C(=O)N5C/C(=C/C)C[C@H]5C=N6)n4)c(C=O)cc3C(=O)N2C1.CCOCCOCCOCCOCCC(=O)OC. The van der Waals surface area contributed by atoms with E-state index in [1.807, 2.05) is 53.7 Å². The summed E-state index contributed by atoms with van der Waals surface area (Å²) in [7, 11) is 1.36. The number of nitrogens with zero attached hydrogens (tertiary/aromatic N) is 7. The summed E-state index contributed by atoms with van der Waals surface area (Å²) in [5.74, 6) is 0.781. The molecule has 5 aliphatic rings. The Bertz CT molecular complexity index is 3040. The van der Waals surface area contributed by atoms with E-state index in [0.717, 1.165) is 12.0 Å². The number of carbonyl (C=O) groups excluding carboxylic acids is 6. The number of pyridine rings is 1. The number of fused-ring (bicyclic) bond motifs is 4. The largest absolute Gasteiger partial charge is 0.492 e. The predicted molar refractivity (Wildman–Crippen MR) is 338 cm³/mol. The molecule has 3 aromatic rings. The summed E-state index contributed by atoms with van der Waals surface area (Å²) in [4.78, 5) is 97.4. The molecule has 0 bridgehead atoms. The van der Waals surface area contributed by atoms with Gasteiger partial charge in [0.1, 0.15) is 37.1 Å². The number of piperazine rings is 1. The Morgan fingerprint density at radius 2 is 1.28 bits per heavy atom. The second kappa shape index (κ2) is 35.2. The van der Waals surface area contributed by atoms with E-state index in [-0.39, 0.29) is 84.1 Å². The van der Waals surface area contributed by atoms with Crippen LogP contribution in [0.2, 0.25) is 0 Å². The van der Waals surface area contributed by atoms with Crippen LogP contribution in [0.5, 0.6) is 17.2 Å². The number of benzene rings is 2. The standard InChI is InChI=1S/C52H63N9O9S.C12H24O6/c1-6-33-15-39-23-54-44-21-46(35(27-62)17-42(44)49(65)60(39)25-33)69-29-37-19-41(68-14-13-58-9-11-59(12-10-58)51(67)56-32-52(4,5)71-31-48(64)53-8-3)20-38(57-37)30-70-47-22-45-43(18-36(47)28-63)50(66)61-26-34(7-2)16-40(61)24-55-45;1-3-15-6-7-17-10-11-18-9-8-16-5-4-12(13)14-2/h6-7,17-24,27,39-40,63H,8-16,25-26,28-32H2,1-5H3,(H,53,64)(H,56,67);3-11H2,1-2H3/b33-6+,34-7+;/t39-,40-;/m0./s1. The lowest BCUT2D eigenvalue weighted by Gasteiger charge is -2.35. The molecule has 484 valence electrons. The van der Waals surface area contributed by atoms with Gasteiger partial charge in [0.2, 0.25) is 5.91 Å². The summed E-state index contributed by atoms with van der Waals surface area (Å²) < 4.78 is 43.9. The first-order valence-corrected chi connectivity index (χ1v) is 31.4. The lowest BCUT2D eigenvalue weighted by Crippen LogP contribution is -2.53. The van der Waals surface area contributed by atoms with E-state index in [1.165, 1.54) is 30.5 Å². The van der Waals surface area contributed by atoms with Crippen molar-refractivity contribution < 1.29 is 71.8 Å². The number of carbonyl (C=O) groups is 6. The lowest BCUT2D eigenvalue weighted by atomic mass is 10.1. The fourth-order valence-corrected chi connectivity index (χ4v) is 11.0. The van der Waals surface area contributed by atoms with E-state index < -0.39 is 0 Å². The smallest absolute Gasteiger partial charge is 0.317 e. The quantitative estimate of drug-likeness (QED) is 0.0276. The van der Waals surface area contributed by atoms with E-state index in [4.69, 9.17) is 38.1 Å². The number of hydrogen-bond donors (Lipinski definition) is 3. The molecule has 5 amide bonds. The highest BCUT2D eigenvalue weighted by molar-refractivity contribution is 8.01. The summed E-state index contributed by atoms with van der Waals surface area (Å²) in [6.45, 7) is 21.0. The number of nitrogens with one attached hydrogen (secondary N) is 2.